The SMILES string of the molecule is CCC(O)CCNC(=O)Cc1c[nH]c2ccccc12. The highest BCUT2D eigenvalue weighted by Gasteiger charge is 2.08. The zero-order valence-electron chi connectivity index (χ0n) is 11.1. The van der Waals surface area contributed by atoms with E-state index in [1.54, 1.807) is 0 Å². The van der Waals surface area contributed by atoms with Crippen LogP contribution in [-0.4, -0.2) is 28.6 Å². The fourth-order valence-corrected chi connectivity index (χ4v) is 2.10. The lowest BCUT2D eigenvalue weighted by molar-refractivity contribution is -0.120. The van der Waals surface area contributed by atoms with Gasteiger partial charge < -0.3 is 15.4 Å². The molecule has 0 radical (unpaired) electrons. The number of hydrogen-bond donors (Lipinski definition) is 3. The van der Waals surface area contributed by atoms with Crippen LogP contribution in [0.3, 0.4) is 0 Å². The van der Waals surface area contributed by atoms with Crippen LogP contribution in [0.15, 0.2) is 30.5 Å². The average Bonchev–Trinajstić information content (AvgIpc) is 2.82. The molecule has 0 aliphatic heterocycles. The first-order valence-corrected chi connectivity index (χ1v) is 6.70. The van der Waals surface area contributed by atoms with Gasteiger partial charge in [-0.25, -0.2) is 0 Å². The van der Waals surface area contributed by atoms with Crippen LogP contribution in [0.25, 0.3) is 10.9 Å². The first kappa shape index (κ1) is 13.6. The number of rotatable bonds is 6. The summed E-state index contributed by atoms with van der Waals surface area (Å²) in [4.78, 5) is 15.0. The predicted molar refractivity (Wildman–Crippen MR) is 75.9 cm³/mol. The zero-order chi connectivity index (χ0) is 13.7. The minimum atomic E-state index is -0.326. The lowest BCUT2D eigenvalue weighted by Crippen LogP contribution is -2.28. The van der Waals surface area contributed by atoms with Crippen molar-refractivity contribution in [1.82, 2.24) is 10.3 Å². The van der Waals surface area contributed by atoms with Crippen LogP contribution < -0.4 is 5.32 Å². The standard InChI is InChI=1S/C15H20N2O2/c1-2-12(18)7-8-16-15(19)9-11-10-17-14-6-4-3-5-13(11)14/h3-6,10,12,17-18H,2,7-9H2,1H3,(H,16,19). The summed E-state index contributed by atoms with van der Waals surface area (Å²) in [5.74, 6) is -0.00643. The van der Waals surface area contributed by atoms with E-state index < -0.39 is 0 Å². The van der Waals surface area contributed by atoms with Crippen LogP contribution in [0.2, 0.25) is 0 Å². The molecule has 0 saturated carbocycles. The number of carbonyl (C=O) groups is 1. The first-order chi connectivity index (χ1) is 9.20. The molecule has 2 rings (SSSR count). The number of aliphatic hydroxyl groups excluding tert-OH is 1. The molecule has 0 aliphatic carbocycles. The molecule has 4 nitrogen and oxygen atoms in total. The van der Waals surface area contributed by atoms with Crippen molar-refractivity contribution in [2.24, 2.45) is 0 Å². The molecule has 0 spiro atoms. The van der Waals surface area contributed by atoms with E-state index >= 15 is 0 Å². The average molecular weight is 260 g/mol. The minimum Gasteiger partial charge on any atom is -0.393 e. The van der Waals surface area contributed by atoms with Crippen molar-refractivity contribution in [3.63, 3.8) is 0 Å². The number of carbonyl (C=O) groups excluding carboxylic acids is 1. The Morgan fingerprint density at radius 2 is 2.21 bits per heavy atom. The molecule has 0 aliphatic rings. The maximum absolute atomic E-state index is 11.8. The number of amides is 1. The molecule has 4 heteroatoms. The number of nitrogens with one attached hydrogen (secondary N) is 2. The van der Waals surface area contributed by atoms with Gasteiger partial charge in [-0.15, -0.1) is 0 Å². The number of aromatic amines is 1. The second-order valence-electron chi connectivity index (χ2n) is 4.74. The molecular formula is C15H20N2O2. The third kappa shape index (κ3) is 3.58. The van der Waals surface area contributed by atoms with Crippen molar-refractivity contribution in [1.29, 1.82) is 0 Å². The van der Waals surface area contributed by atoms with Crippen molar-refractivity contribution >= 4 is 16.8 Å². The Morgan fingerprint density at radius 3 is 3.00 bits per heavy atom. The Bertz CT molecular complexity index is 548. The van der Waals surface area contributed by atoms with Crippen LogP contribution >= 0.6 is 0 Å². The van der Waals surface area contributed by atoms with Gasteiger partial charge in [0.1, 0.15) is 0 Å². The molecule has 1 heterocycles. The van der Waals surface area contributed by atoms with Gasteiger partial charge in [0.05, 0.1) is 12.5 Å². The van der Waals surface area contributed by atoms with E-state index in [0.29, 0.717) is 19.4 Å². The third-order valence-corrected chi connectivity index (χ3v) is 3.30. The molecule has 1 unspecified atom stereocenters. The van der Waals surface area contributed by atoms with Crippen LogP contribution in [0.5, 0.6) is 0 Å². The molecule has 2 aromatic rings. The summed E-state index contributed by atoms with van der Waals surface area (Å²) in [6, 6.07) is 7.94. The molecule has 1 aromatic carbocycles. The van der Waals surface area contributed by atoms with Gasteiger partial charge >= 0.3 is 0 Å². The maximum atomic E-state index is 11.8. The summed E-state index contributed by atoms with van der Waals surface area (Å²) in [5.41, 5.74) is 2.05. The highest BCUT2D eigenvalue weighted by atomic mass is 16.3. The summed E-state index contributed by atoms with van der Waals surface area (Å²) < 4.78 is 0. The second kappa shape index (κ2) is 6.38. The molecule has 102 valence electrons. The van der Waals surface area contributed by atoms with Gasteiger partial charge in [-0.2, -0.15) is 0 Å². The molecule has 3 N–H and O–H groups in total. The van der Waals surface area contributed by atoms with Crippen molar-refractivity contribution in [3.8, 4) is 0 Å². The van der Waals surface area contributed by atoms with Gasteiger partial charge in [0.25, 0.3) is 0 Å². The normalized spacial score (nSPS) is 12.5. The molecule has 19 heavy (non-hydrogen) atoms. The summed E-state index contributed by atoms with van der Waals surface area (Å²) in [6.07, 6.45) is 3.25. The van der Waals surface area contributed by atoms with Crippen LogP contribution in [0.4, 0.5) is 0 Å². The fraction of sp³-hybridized carbons (Fsp3) is 0.400. The topological polar surface area (TPSA) is 65.1 Å². The number of aromatic nitrogens is 1. The maximum Gasteiger partial charge on any atom is 0.224 e. The van der Waals surface area contributed by atoms with Crippen molar-refractivity contribution in [2.45, 2.75) is 32.3 Å². The van der Waals surface area contributed by atoms with Gasteiger partial charge in [0, 0.05) is 23.6 Å². The molecule has 1 amide bonds. The molecule has 1 aromatic heterocycles. The fourth-order valence-electron chi connectivity index (χ4n) is 2.10. The Balaban J connectivity index is 1.88. The summed E-state index contributed by atoms with van der Waals surface area (Å²) in [7, 11) is 0. The summed E-state index contributed by atoms with van der Waals surface area (Å²) in [6.45, 7) is 2.45. The number of fused-ring (bicyclic) bond motifs is 1. The monoisotopic (exact) mass is 260 g/mol. The third-order valence-electron chi connectivity index (χ3n) is 3.30. The summed E-state index contributed by atoms with van der Waals surface area (Å²) >= 11 is 0. The van der Waals surface area contributed by atoms with Crippen molar-refractivity contribution in [2.75, 3.05) is 6.54 Å². The van der Waals surface area contributed by atoms with E-state index in [1.165, 1.54) is 0 Å². The van der Waals surface area contributed by atoms with Gasteiger partial charge in [0.2, 0.25) is 5.91 Å². The Kier molecular flexibility index (Phi) is 4.58. The van der Waals surface area contributed by atoms with Crippen LogP contribution in [0.1, 0.15) is 25.3 Å². The predicted octanol–water partition coefficient (Wildman–Crippen LogP) is 1.99. The largest absolute Gasteiger partial charge is 0.393 e. The Morgan fingerprint density at radius 1 is 1.42 bits per heavy atom. The summed E-state index contributed by atoms with van der Waals surface area (Å²) in [5, 5.41) is 13.3. The number of para-hydroxylation sites is 1. The quantitative estimate of drug-likeness (QED) is 0.743. The highest BCUT2D eigenvalue weighted by molar-refractivity contribution is 5.88. The minimum absolute atomic E-state index is 0.00643. The number of hydrogen-bond acceptors (Lipinski definition) is 2. The van der Waals surface area contributed by atoms with E-state index in [1.807, 2.05) is 37.4 Å². The van der Waals surface area contributed by atoms with E-state index in [2.05, 4.69) is 10.3 Å². The molecule has 1 atom stereocenters. The molecule has 0 fully saturated rings. The highest BCUT2D eigenvalue weighted by Crippen LogP contribution is 2.17. The second-order valence-corrected chi connectivity index (χ2v) is 4.74. The van der Waals surface area contributed by atoms with Gasteiger partial charge in [0.15, 0.2) is 0 Å². The van der Waals surface area contributed by atoms with Crippen molar-refractivity contribution < 1.29 is 9.90 Å². The lowest BCUT2D eigenvalue weighted by atomic mass is 10.1. The van der Waals surface area contributed by atoms with Gasteiger partial charge in [-0.3, -0.25) is 4.79 Å². The Labute approximate surface area is 112 Å². The molecule has 0 bridgehead atoms. The van der Waals surface area contributed by atoms with E-state index in [9.17, 15) is 9.90 Å². The Hall–Kier alpha value is -1.81. The number of aliphatic hydroxyl groups is 1. The number of H-pyrrole nitrogens is 1. The van der Waals surface area contributed by atoms with E-state index in [0.717, 1.165) is 22.9 Å². The van der Waals surface area contributed by atoms with Crippen LogP contribution in [0, 0.1) is 0 Å². The van der Waals surface area contributed by atoms with Crippen LogP contribution in [-0.2, 0) is 11.2 Å². The van der Waals surface area contributed by atoms with Crippen molar-refractivity contribution in [3.05, 3.63) is 36.0 Å². The van der Waals surface area contributed by atoms with Gasteiger partial charge in [-0.05, 0) is 24.5 Å². The van der Waals surface area contributed by atoms with E-state index in [-0.39, 0.29) is 12.0 Å². The lowest BCUT2D eigenvalue weighted by Gasteiger charge is -2.08. The first-order valence-electron chi connectivity index (χ1n) is 6.70. The zero-order valence-corrected chi connectivity index (χ0v) is 11.1. The molecular weight excluding hydrogens is 240 g/mol. The molecule has 0 saturated heterocycles. The smallest absolute Gasteiger partial charge is 0.224 e. The van der Waals surface area contributed by atoms with Gasteiger partial charge in [-0.1, -0.05) is 25.1 Å². The number of benzene rings is 1. The van der Waals surface area contributed by atoms with E-state index in [4.69, 9.17) is 0 Å².